The number of carbonyl (C=O) groups is 2. The molecule has 1 aromatic heterocycles. The second-order valence-electron chi connectivity index (χ2n) is 6.53. The standard InChI is InChI=1S/C19H19NO5S/c21-18(22)10-14(17-2-1-7-26-17)20-19(23)13-9-12(13)11-3-4-15-16(8-11)25-6-5-24-15/h1-4,7-8,12-14H,5-6,9-10H2,(H,20,23)(H,21,22). The molecule has 4 rings (SSSR count). The molecule has 7 heteroatoms. The van der Waals surface area contributed by atoms with E-state index >= 15 is 0 Å². The van der Waals surface area contributed by atoms with Gasteiger partial charge in [-0.15, -0.1) is 11.3 Å². The normalized spacial score (nSPS) is 21.7. The maximum Gasteiger partial charge on any atom is 0.305 e. The van der Waals surface area contributed by atoms with E-state index < -0.39 is 12.0 Å². The van der Waals surface area contributed by atoms with Crippen molar-refractivity contribution < 1.29 is 24.2 Å². The minimum atomic E-state index is -0.928. The first-order valence-electron chi connectivity index (χ1n) is 8.57. The Bertz CT molecular complexity index is 819. The molecule has 0 spiro atoms. The lowest BCUT2D eigenvalue weighted by atomic mass is 10.1. The van der Waals surface area contributed by atoms with Gasteiger partial charge in [0.15, 0.2) is 11.5 Å². The Morgan fingerprint density at radius 2 is 2.04 bits per heavy atom. The molecule has 0 bridgehead atoms. The fourth-order valence-corrected chi connectivity index (χ4v) is 4.09. The molecule has 1 aliphatic heterocycles. The quantitative estimate of drug-likeness (QED) is 0.813. The number of carbonyl (C=O) groups excluding carboxylic acids is 1. The van der Waals surface area contributed by atoms with Gasteiger partial charge in [-0.05, 0) is 41.5 Å². The Morgan fingerprint density at radius 1 is 1.23 bits per heavy atom. The smallest absolute Gasteiger partial charge is 0.305 e. The Morgan fingerprint density at radius 3 is 2.77 bits per heavy atom. The van der Waals surface area contributed by atoms with Gasteiger partial charge in [-0.2, -0.15) is 0 Å². The lowest BCUT2D eigenvalue weighted by Gasteiger charge is -2.19. The van der Waals surface area contributed by atoms with Gasteiger partial charge in [-0.1, -0.05) is 12.1 Å². The largest absolute Gasteiger partial charge is 0.486 e. The van der Waals surface area contributed by atoms with E-state index in [0.717, 1.165) is 28.4 Å². The van der Waals surface area contributed by atoms with Crippen LogP contribution in [0.3, 0.4) is 0 Å². The van der Waals surface area contributed by atoms with Crippen LogP contribution in [0.25, 0.3) is 0 Å². The van der Waals surface area contributed by atoms with Crippen LogP contribution in [-0.4, -0.2) is 30.2 Å². The van der Waals surface area contributed by atoms with Crippen molar-refractivity contribution in [2.75, 3.05) is 13.2 Å². The molecule has 1 fully saturated rings. The number of fused-ring (bicyclic) bond motifs is 1. The number of carboxylic acid groups (broad SMARTS) is 1. The lowest BCUT2D eigenvalue weighted by molar-refractivity contribution is -0.137. The number of rotatable bonds is 6. The van der Waals surface area contributed by atoms with Crippen molar-refractivity contribution in [3.05, 3.63) is 46.2 Å². The highest BCUT2D eigenvalue weighted by Gasteiger charge is 2.45. The number of ether oxygens (including phenoxy) is 2. The van der Waals surface area contributed by atoms with Crippen LogP contribution in [0.5, 0.6) is 11.5 Å². The van der Waals surface area contributed by atoms with Crippen LogP contribution in [0.15, 0.2) is 35.7 Å². The first-order chi connectivity index (χ1) is 12.6. The van der Waals surface area contributed by atoms with E-state index in [0.29, 0.717) is 13.2 Å². The molecule has 0 radical (unpaired) electrons. The predicted molar refractivity (Wildman–Crippen MR) is 95.7 cm³/mol. The third-order valence-corrected chi connectivity index (χ3v) is 5.69. The maximum atomic E-state index is 12.6. The highest BCUT2D eigenvalue weighted by molar-refractivity contribution is 7.10. The van der Waals surface area contributed by atoms with E-state index in [1.807, 2.05) is 35.7 Å². The third-order valence-electron chi connectivity index (χ3n) is 4.70. The monoisotopic (exact) mass is 373 g/mol. The molecule has 2 N–H and O–H groups in total. The second kappa shape index (κ2) is 6.99. The van der Waals surface area contributed by atoms with Gasteiger partial charge in [0.2, 0.25) is 5.91 Å². The van der Waals surface area contributed by atoms with E-state index in [1.54, 1.807) is 0 Å². The molecule has 26 heavy (non-hydrogen) atoms. The zero-order valence-electron chi connectivity index (χ0n) is 14.0. The molecule has 3 atom stereocenters. The number of aliphatic carboxylic acids is 1. The van der Waals surface area contributed by atoms with Gasteiger partial charge in [0, 0.05) is 10.8 Å². The van der Waals surface area contributed by atoms with Crippen molar-refractivity contribution >= 4 is 23.2 Å². The van der Waals surface area contributed by atoms with Crippen LogP contribution in [0.4, 0.5) is 0 Å². The van der Waals surface area contributed by atoms with E-state index in [-0.39, 0.29) is 24.2 Å². The number of thiophene rings is 1. The first-order valence-corrected chi connectivity index (χ1v) is 9.45. The zero-order valence-corrected chi connectivity index (χ0v) is 14.8. The Balaban J connectivity index is 1.42. The molecule has 2 aliphatic rings. The van der Waals surface area contributed by atoms with Crippen LogP contribution in [0.2, 0.25) is 0 Å². The lowest BCUT2D eigenvalue weighted by Crippen LogP contribution is -2.31. The van der Waals surface area contributed by atoms with E-state index in [1.165, 1.54) is 11.3 Å². The Hall–Kier alpha value is -2.54. The number of amides is 1. The fourth-order valence-electron chi connectivity index (χ4n) is 3.31. The third kappa shape index (κ3) is 3.53. The summed E-state index contributed by atoms with van der Waals surface area (Å²) in [4.78, 5) is 24.6. The highest BCUT2D eigenvalue weighted by Crippen LogP contribution is 2.49. The zero-order chi connectivity index (χ0) is 18.1. The SMILES string of the molecule is O=C(O)CC(NC(=O)C1CC1c1ccc2c(c1)OCCO2)c1cccs1. The predicted octanol–water partition coefficient (Wildman–Crippen LogP) is 2.96. The Kier molecular flexibility index (Phi) is 4.55. The summed E-state index contributed by atoms with van der Waals surface area (Å²) < 4.78 is 11.1. The molecule has 2 heterocycles. The molecule has 1 aromatic carbocycles. The topological polar surface area (TPSA) is 84.9 Å². The molecule has 1 amide bonds. The molecule has 1 saturated carbocycles. The van der Waals surface area contributed by atoms with E-state index in [4.69, 9.17) is 14.6 Å². The van der Waals surface area contributed by atoms with E-state index in [2.05, 4.69) is 5.32 Å². The summed E-state index contributed by atoms with van der Waals surface area (Å²) in [6, 6.07) is 9.02. The average Bonchev–Trinajstić information content (AvgIpc) is 3.25. The Labute approximate surface area is 154 Å². The highest BCUT2D eigenvalue weighted by atomic mass is 32.1. The van der Waals surface area contributed by atoms with E-state index in [9.17, 15) is 9.59 Å². The summed E-state index contributed by atoms with van der Waals surface area (Å²) in [5.74, 6) is 0.448. The molecular formula is C19H19NO5S. The molecule has 136 valence electrons. The summed E-state index contributed by atoms with van der Waals surface area (Å²) in [5.41, 5.74) is 1.06. The van der Waals surface area contributed by atoms with Crippen LogP contribution in [0.1, 0.15) is 35.2 Å². The minimum Gasteiger partial charge on any atom is -0.486 e. The van der Waals surface area contributed by atoms with Crippen molar-refractivity contribution in [2.24, 2.45) is 5.92 Å². The summed E-state index contributed by atoms with van der Waals surface area (Å²) in [6.45, 7) is 1.08. The summed E-state index contributed by atoms with van der Waals surface area (Å²) in [7, 11) is 0. The first kappa shape index (κ1) is 16.9. The van der Waals surface area contributed by atoms with Crippen LogP contribution < -0.4 is 14.8 Å². The average molecular weight is 373 g/mol. The molecule has 3 unspecified atom stereocenters. The van der Waals surface area contributed by atoms with Crippen LogP contribution in [-0.2, 0) is 9.59 Å². The van der Waals surface area contributed by atoms with Crippen molar-refractivity contribution in [2.45, 2.75) is 24.8 Å². The summed E-state index contributed by atoms with van der Waals surface area (Å²) in [5, 5.41) is 13.9. The summed E-state index contributed by atoms with van der Waals surface area (Å²) in [6.07, 6.45) is 0.642. The summed E-state index contributed by atoms with van der Waals surface area (Å²) >= 11 is 1.45. The van der Waals surface area contributed by atoms with Gasteiger partial charge in [0.05, 0.1) is 12.5 Å². The number of carboxylic acids is 1. The molecule has 1 aliphatic carbocycles. The number of nitrogens with one attached hydrogen (secondary N) is 1. The second-order valence-corrected chi connectivity index (χ2v) is 7.51. The van der Waals surface area contributed by atoms with Gasteiger partial charge < -0.3 is 19.9 Å². The number of hydrogen-bond acceptors (Lipinski definition) is 5. The van der Waals surface area contributed by atoms with Crippen molar-refractivity contribution in [1.29, 1.82) is 0 Å². The molecular weight excluding hydrogens is 354 g/mol. The van der Waals surface area contributed by atoms with Crippen LogP contribution >= 0.6 is 11.3 Å². The maximum absolute atomic E-state index is 12.6. The molecule has 2 aromatic rings. The van der Waals surface area contributed by atoms with Gasteiger partial charge in [0.25, 0.3) is 0 Å². The fraction of sp³-hybridized carbons (Fsp3) is 0.368. The van der Waals surface area contributed by atoms with Gasteiger partial charge in [0.1, 0.15) is 13.2 Å². The van der Waals surface area contributed by atoms with Gasteiger partial charge >= 0.3 is 5.97 Å². The van der Waals surface area contributed by atoms with Crippen LogP contribution in [0, 0.1) is 5.92 Å². The number of benzene rings is 1. The van der Waals surface area contributed by atoms with Crippen molar-refractivity contribution in [1.82, 2.24) is 5.32 Å². The molecule has 0 saturated heterocycles. The van der Waals surface area contributed by atoms with Gasteiger partial charge in [-0.3, -0.25) is 9.59 Å². The van der Waals surface area contributed by atoms with Crippen molar-refractivity contribution in [3.63, 3.8) is 0 Å². The molecule has 6 nitrogen and oxygen atoms in total. The van der Waals surface area contributed by atoms with Crippen molar-refractivity contribution in [3.8, 4) is 11.5 Å². The minimum absolute atomic E-state index is 0.0930. The van der Waals surface area contributed by atoms with Gasteiger partial charge in [-0.25, -0.2) is 0 Å². The number of hydrogen-bond donors (Lipinski definition) is 2.